The van der Waals surface area contributed by atoms with Crippen molar-refractivity contribution in [2.24, 2.45) is 5.73 Å². The average molecular weight is 325 g/mol. The largest absolute Gasteiger partial charge is 0.371 e. The Morgan fingerprint density at radius 2 is 1.96 bits per heavy atom. The first-order valence-corrected chi connectivity index (χ1v) is 8.30. The number of carbonyl (C=O) groups is 1. The van der Waals surface area contributed by atoms with Crippen LogP contribution in [-0.4, -0.2) is 29.4 Å². The molecular formula is C19H23N3O2. The lowest BCUT2D eigenvalue weighted by Gasteiger charge is -2.20. The van der Waals surface area contributed by atoms with E-state index in [1.165, 1.54) is 16.8 Å². The van der Waals surface area contributed by atoms with Crippen molar-refractivity contribution in [2.75, 3.05) is 18.0 Å². The number of hydroxylamine groups is 2. The Balaban J connectivity index is 1.57. The van der Waals surface area contributed by atoms with Gasteiger partial charge < -0.3 is 10.6 Å². The molecule has 2 aromatic rings. The third kappa shape index (κ3) is 3.86. The van der Waals surface area contributed by atoms with Gasteiger partial charge in [0.1, 0.15) is 0 Å². The maximum atomic E-state index is 10.9. The molecule has 3 N–H and O–H groups in total. The predicted molar refractivity (Wildman–Crippen MR) is 94.0 cm³/mol. The number of hydrogen-bond acceptors (Lipinski definition) is 3. The number of anilines is 1. The van der Waals surface area contributed by atoms with Crippen LogP contribution >= 0.6 is 0 Å². The van der Waals surface area contributed by atoms with Gasteiger partial charge in [0, 0.05) is 18.8 Å². The molecule has 3 rings (SSSR count). The molecule has 1 aliphatic heterocycles. The smallest absolute Gasteiger partial charge is 0.338 e. The summed E-state index contributed by atoms with van der Waals surface area (Å²) in [6, 6.07) is 15.8. The summed E-state index contributed by atoms with van der Waals surface area (Å²) in [6.07, 6.45) is 3.21. The molecule has 0 aromatic heterocycles. The first kappa shape index (κ1) is 16.3. The molecule has 1 aliphatic rings. The molecular weight excluding hydrogens is 302 g/mol. The summed E-state index contributed by atoms with van der Waals surface area (Å²) in [5.41, 5.74) is 9.85. The van der Waals surface area contributed by atoms with Gasteiger partial charge in [0.2, 0.25) is 0 Å². The molecule has 0 radical (unpaired) electrons. The third-order valence-corrected chi connectivity index (χ3v) is 4.46. The molecule has 1 heterocycles. The highest BCUT2D eigenvalue weighted by molar-refractivity contribution is 5.70. The minimum absolute atomic E-state index is 0.122. The number of urea groups is 1. The maximum absolute atomic E-state index is 10.9. The Morgan fingerprint density at radius 3 is 2.71 bits per heavy atom. The van der Waals surface area contributed by atoms with Crippen LogP contribution in [0, 0.1) is 0 Å². The van der Waals surface area contributed by atoms with Gasteiger partial charge in [-0.2, -0.15) is 0 Å². The van der Waals surface area contributed by atoms with Crippen molar-refractivity contribution >= 4 is 11.7 Å². The van der Waals surface area contributed by atoms with Crippen molar-refractivity contribution in [2.45, 2.75) is 25.8 Å². The number of amides is 2. The number of hydrogen-bond donors (Lipinski definition) is 2. The van der Waals surface area contributed by atoms with Gasteiger partial charge in [-0.15, -0.1) is 0 Å². The van der Waals surface area contributed by atoms with Crippen LogP contribution in [0.3, 0.4) is 0 Å². The van der Waals surface area contributed by atoms with Gasteiger partial charge in [-0.25, -0.2) is 9.86 Å². The average Bonchev–Trinajstić information content (AvgIpc) is 2.98. The molecule has 5 nitrogen and oxygen atoms in total. The van der Waals surface area contributed by atoms with E-state index in [0.717, 1.165) is 37.9 Å². The van der Waals surface area contributed by atoms with Gasteiger partial charge in [-0.05, 0) is 42.0 Å². The van der Waals surface area contributed by atoms with Crippen LogP contribution in [0.1, 0.15) is 23.1 Å². The van der Waals surface area contributed by atoms with E-state index in [0.29, 0.717) is 5.06 Å². The van der Waals surface area contributed by atoms with Crippen molar-refractivity contribution in [3.05, 3.63) is 65.2 Å². The van der Waals surface area contributed by atoms with E-state index >= 15 is 0 Å². The first-order chi connectivity index (χ1) is 11.6. The molecule has 0 aliphatic carbocycles. The molecule has 0 spiro atoms. The van der Waals surface area contributed by atoms with Crippen molar-refractivity contribution in [3.63, 3.8) is 0 Å². The Morgan fingerprint density at radius 1 is 1.17 bits per heavy atom. The zero-order valence-electron chi connectivity index (χ0n) is 13.7. The normalized spacial score (nSPS) is 13.0. The molecule has 0 fully saturated rings. The van der Waals surface area contributed by atoms with Gasteiger partial charge in [0.05, 0.1) is 6.54 Å². The molecule has 0 saturated heterocycles. The SMILES string of the molecule is NC(=O)N(O)Cc1ccc2c(c1)CCN2CCCc1ccccc1. The second kappa shape index (κ2) is 7.36. The standard InChI is InChI=1S/C19H23N3O2/c20-19(23)22(24)14-16-8-9-18-17(13-16)10-12-21(18)11-4-7-15-5-2-1-3-6-15/h1-3,5-6,8-9,13,24H,4,7,10-12,14H2,(H2,20,23). The van der Waals surface area contributed by atoms with Crippen LogP contribution in [0.4, 0.5) is 10.5 Å². The van der Waals surface area contributed by atoms with Gasteiger partial charge >= 0.3 is 6.03 Å². The number of nitrogens with two attached hydrogens (primary N) is 1. The fourth-order valence-electron chi connectivity index (χ4n) is 3.22. The number of fused-ring (bicyclic) bond motifs is 1. The summed E-state index contributed by atoms with van der Waals surface area (Å²) < 4.78 is 0. The van der Waals surface area contributed by atoms with Crippen LogP contribution in [0.25, 0.3) is 0 Å². The second-order valence-electron chi connectivity index (χ2n) is 6.19. The lowest BCUT2D eigenvalue weighted by atomic mass is 10.1. The van der Waals surface area contributed by atoms with Gasteiger partial charge in [-0.3, -0.25) is 5.21 Å². The molecule has 0 atom stereocenters. The predicted octanol–water partition coefficient (Wildman–Crippen LogP) is 2.95. The van der Waals surface area contributed by atoms with Crippen molar-refractivity contribution in [1.82, 2.24) is 5.06 Å². The van der Waals surface area contributed by atoms with Crippen molar-refractivity contribution < 1.29 is 10.0 Å². The fourth-order valence-corrected chi connectivity index (χ4v) is 3.22. The third-order valence-electron chi connectivity index (χ3n) is 4.46. The van der Waals surface area contributed by atoms with Crippen LogP contribution in [-0.2, 0) is 19.4 Å². The summed E-state index contributed by atoms with van der Waals surface area (Å²) in [4.78, 5) is 13.3. The summed E-state index contributed by atoms with van der Waals surface area (Å²) in [5.74, 6) is 0. The highest BCUT2D eigenvalue weighted by atomic mass is 16.5. The zero-order chi connectivity index (χ0) is 16.9. The number of benzene rings is 2. The van der Waals surface area contributed by atoms with E-state index < -0.39 is 6.03 Å². The van der Waals surface area contributed by atoms with E-state index in [1.807, 2.05) is 12.1 Å². The number of primary amides is 1. The first-order valence-electron chi connectivity index (χ1n) is 8.30. The summed E-state index contributed by atoms with van der Waals surface area (Å²) in [6.45, 7) is 2.18. The van der Waals surface area contributed by atoms with Crippen LogP contribution in [0.2, 0.25) is 0 Å². The van der Waals surface area contributed by atoms with E-state index in [-0.39, 0.29) is 6.54 Å². The van der Waals surface area contributed by atoms with Crippen molar-refractivity contribution in [1.29, 1.82) is 0 Å². The molecule has 0 saturated carbocycles. The minimum atomic E-state index is -0.835. The number of nitrogens with zero attached hydrogens (tertiary/aromatic N) is 2. The molecule has 24 heavy (non-hydrogen) atoms. The molecule has 2 aromatic carbocycles. The van der Waals surface area contributed by atoms with E-state index in [4.69, 9.17) is 5.73 Å². The minimum Gasteiger partial charge on any atom is -0.371 e. The summed E-state index contributed by atoms with van der Waals surface area (Å²) in [7, 11) is 0. The Hall–Kier alpha value is -2.53. The van der Waals surface area contributed by atoms with E-state index in [9.17, 15) is 10.0 Å². The Kier molecular flexibility index (Phi) is 5.01. The molecule has 0 unspecified atom stereocenters. The molecule has 0 bridgehead atoms. The quantitative estimate of drug-likeness (QED) is 0.634. The monoisotopic (exact) mass is 325 g/mol. The number of aryl methyl sites for hydroxylation is 1. The lowest BCUT2D eigenvalue weighted by Crippen LogP contribution is -2.32. The van der Waals surface area contributed by atoms with Crippen LogP contribution < -0.4 is 10.6 Å². The molecule has 2 amide bonds. The Bertz CT molecular complexity index is 703. The van der Waals surface area contributed by atoms with E-state index in [2.05, 4.69) is 41.3 Å². The summed E-state index contributed by atoms with van der Waals surface area (Å²) in [5, 5.41) is 9.99. The highest BCUT2D eigenvalue weighted by Crippen LogP contribution is 2.29. The molecule has 126 valence electrons. The number of carbonyl (C=O) groups excluding carboxylic acids is 1. The zero-order valence-corrected chi connectivity index (χ0v) is 13.7. The summed E-state index contributed by atoms with van der Waals surface area (Å²) >= 11 is 0. The number of rotatable bonds is 6. The van der Waals surface area contributed by atoms with E-state index in [1.54, 1.807) is 0 Å². The van der Waals surface area contributed by atoms with Gasteiger partial charge in [0.25, 0.3) is 0 Å². The highest BCUT2D eigenvalue weighted by Gasteiger charge is 2.19. The van der Waals surface area contributed by atoms with Gasteiger partial charge in [-0.1, -0.05) is 42.5 Å². The maximum Gasteiger partial charge on any atom is 0.338 e. The lowest BCUT2D eigenvalue weighted by molar-refractivity contribution is -0.0470. The van der Waals surface area contributed by atoms with Crippen LogP contribution in [0.15, 0.2) is 48.5 Å². The molecule has 5 heteroatoms. The Labute approximate surface area is 142 Å². The topological polar surface area (TPSA) is 69.8 Å². The fraction of sp³-hybridized carbons (Fsp3) is 0.316. The van der Waals surface area contributed by atoms with Gasteiger partial charge in [0.15, 0.2) is 0 Å². The van der Waals surface area contributed by atoms with Crippen LogP contribution in [0.5, 0.6) is 0 Å². The van der Waals surface area contributed by atoms with Crippen molar-refractivity contribution in [3.8, 4) is 0 Å². The second-order valence-corrected chi connectivity index (χ2v) is 6.19.